The number of nitrogens with zero attached hydrogens (tertiary/aromatic N) is 1. The fourth-order valence-electron chi connectivity index (χ4n) is 1.10. The highest BCUT2D eigenvalue weighted by molar-refractivity contribution is 5.75. The Hall–Kier alpha value is -0.610. The Kier molecular flexibility index (Phi) is 1.90. The Morgan fingerprint density at radius 1 is 1.82 bits per heavy atom. The highest BCUT2D eigenvalue weighted by Crippen LogP contribution is 2.28. The second kappa shape index (κ2) is 2.46. The molecule has 0 aromatic heterocycles. The number of hydrogen-bond donors (Lipinski definition) is 1. The van der Waals surface area contributed by atoms with Crippen LogP contribution < -0.4 is 5.11 Å². The maximum atomic E-state index is 10.3. The molecule has 2 unspecified atom stereocenters. The summed E-state index contributed by atoms with van der Waals surface area (Å²) >= 11 is 0. The molecule has 1 fully saturated rings. The van der Waals surface area contributed by atoms with E-state index < -0.39 is 17.6 Å². The molecule has 0 aromatic carbocycles. The molecule has 0 saturated carbocycles. The van der Waals surface area contributed by atoms with Gasteiger partial charge in [-0.1, -0.05) is 0 Å². The molecular weight excluding hydrogens is 146 g/mol. The topological polar surface area (TPSA) is 63.4 Å². The minimum absolute atomic E-state index is 0.0310. The molecule has 0 aliphatic carbocycles. The van der Waals surface area contributed by atoms with Crippen molar-refractivity contribution in [2.45, 2.75) is 25.4 Å². The van der Waals surface area contributed by atoms with Crippen LogP contribution in [-0.2, 0) is 4.79 Å². The zero-order chi connectivity index (χ0) is 8.65. The second-order valence-corrected chi connectivity index (χ2v) is 3.46. The summed E-state index contributed by atoms with van der Waals surface area (Å²) in [6.07, 6.45) is 0. The van der Waals surface area contributed by atoms with Gasteiger partial charge in [0.1, 0.15) is 0 Å². The van der Waals surface area contributed by atoms with Gasteiger partial charge in [-0.3, -0.25) is 4.90 Å². The molecular formula is C7H12NO3-. The van der Waals surface area contributed by atoms with E-state index in [9.17, 15) is 9.90 Å². The van der Waals surface area contributed by atoms with Gasteiger partial charge in [-0.05, 0) is 13.8 Å². The number of aliphatic hydroxyl groups excluding tert-OH is 1. The lowest BCUT2D eigenvalue weighted by molar-refractivity contribution is -0.306. The maximum absolute atomic E-state index is 10.3. The SMILES string of the molecule is CC(C)(CO)N1CC1C(=O)[O-]. The molecule has 1 rings (SSSR count). The number of carbonyl (C=O) groups excluding carboxylic acids is 1. The van der Waals surface area contributed by atoms with Crippen molar-refractivity contribution in [3.05, 3.63) is 0 Å². The first kappa shape index (κ1) is 8.49. The molecule has 0 bridgehead atoms. The van der Waals surface area contributed by atoms with E-state index in [1.165, 1.54) is 0 Å². The Morgan fingerprint density at radius 3 is 2.64 bits per heavy atom. The Morgan fingerprint density at radius 2 is 2.36 bits per heavy atom. The molecule has 0 radical (unpaired) electrons. The summed E-state index contributed by atoms with van der Waals surface area (Å²) < 4.78 is 0. The average Bonchev–Trinajstić information content (AvgIpc) is 2.65. The van der Waals surface area contributed by atoms with Gasteiger partial charge in [0.2, 0.25) is 0 Å². The third-order valence-electron chi connectivity index (χ3n) is 2.05. The van der Waals surface area contributed by atoms with Crippen LogP contribution in [0.25, 0.3) is 0 Å². The lowest BCUT2D eigenvalue weighted by Crippen LogP contribution is -2.40. The van der Waals surface area contributed by atoms with Crippen molar-refractivity contribution >= 4 is 5.97 Å². The van der Waals surface area contributed by atoms with Gasteiger partial charge < -0.3 is 15.0 Å². The fraction of sp³-hybridized carbons (Fsp3) is 0.857. The molecule has 64 valence electrons. The minimum atomic E-state index is -1.05. The normalized spacial score (nSPS) is 30.1. The maximum Gasteiger partial charge on any atom is 0.0628 e. The molecule has 0 amide bonds. The Bertz CT molecular complexity index is 179. The van der Waals surface area contributed by atoms with Crippen LogP contribution in [0.15, 0.2) is 0 Å². The van der Waals surface area contributed by atoms with E-state index in [2.05, 4.69) is 0 Å². The zero-order valence-electron chi connectivity index (χ0n) is 6.70. The van der Waals surface area contributed by atoms with Gasteiger partial charge in [0, 0.05) is 12.1 Å². The summed E-state index contributed by atoms with van der Waals surface area (Å²) in [6, 6.07) is -0.489. The summed E-state index contributed by atoms with van der Waals surface area (Å²) in [5.74, 6) is -1.05. The smallest absolute Gasteiger partial charge is 0.0628 e. The van der Waals surface area contributed by atoms with Gasteiger partial charge in [0.25, 0.3) is 0 Å². The van der Waals surface area contributed by atoms with Crippen LogP contribution >= 0.6 is 0 Å². The van der Waals surface area contributed by atoms with Crippen LogP contribution in [0.2, 0.25) is 0 Å². The molecule has 4 nitrogen and oxygen atoms in total. The van der Waals surface area contributed by atoms with Crippen LogP contribution in [0, 0.1) is 0 Å². The highest BCUT2D eigenvalue weighted by atomic mass is 16.4. The molecule has 2 atom stereocenters. The van der Waals surface area contributed by atoms with Gasteiger partial charge in [-0.2, -0.15) is 0 Å². The van der Waals surface area contributed by atoms with Crippen LogP contribution in [-0.4, -0.2) is 40.7 Å². The lowest BCUT2D eigenvalue weighted by Gasteiger charge is -2.24. The Labute approximate surface area is 65.4 Å². The highest BCUT2D eigenvalue weighted by Gasteiger charge is 2.44. The standard InChI is InChI=1S/C7H13NO3/c1-7(2,4-9)8-3-5(8)6(10)11/h5,9H,3-4H2,1-2H3,(H,10,11)/p-1. The predicted octanol–water partition coefficient (Wildman–Crippen LogP) is -1.81. The van der Waals surface area contributed by atoms with Crippen molar-refractivity contribution in [3.63, 3.8) is 0 Å². The number of aliphatic carboxylic acids is 1. The van der Waals surface area contributed by atoms with Gasteiger partial charge in [0.05, 0.1) is 18.6 Å². The molecule has 4 heteroatoms. The number of hydrogen-bond acceptors (Lipinski definition) is 4. The van der Waals surface area contributed by atoms with E-state index in [1.54, 1.807) is 18.7 Å². The Balaban J connectivity index is 2.49. The van der Waals surface area contributed by atoms with Crippen LogP contribution in [0.4, 0.5) is 0 Å². The number of carboxylic acid groups (broad SMARTS) is 1. The van der Waals surface area contributed by atoms with Gasteiger partial charge in [-0.15, -0.1) is 0 Å². The summed E-state index contributed by atoms with van der Waals surface area (Å²) in [7, 11) is 0. The number of rotatable bonds is 3. The largest absolute Gasteiger partial charge is 0.548 e. The lowest BCUT2D eigenvalue weighted by atomic mass is 10.1. The molecule has 1 aliphatic heterocycles. The first-order valence-corrected chi connectivity index (χ1v) is 3.57. The van der Waals surface area contributed by atoms with Crippen LogP contribution in [0.1, 0.15) is 13.8 Å². The third-order valence-corrected chi connectivity index (χ3v) is 2.05. The molecule has 1 saturated heterocycles. The van der Waals surface area contributed by atoms with E-state index in [-0.39, 0.29) is 6.61 Å². The van der Waals surface area contributed by atoms with Crippen molar-refractivity contribution < 1.29 is 15.0 Å². The van der Waals surface area contributed by atoms with Crippen LogP contribution in [0.5, 0.6) is 0 Å². The van der Waals surface area contributed by atoms with E-state index in [0.717, 1.165) is 0 Å². The monoisotopic (exact) mass is 158 g/mol. The van der Waals surface area contributed by atoms with E-state index in [1.807, 2.05) is 0 Å². The predicted molar refractivity (Wildman–Crippen MR) is 36.7 cm³/mol. The van der Waals surface area contributed by atoms with Crippen molar-refractivity contribution in [2.75, 3.05) is 13.2 Å². The average molecular weight is 158 g/mol. The summed E-state index contributed by atoms with van der Waals surface area (Å²) in [5.41, 5.74) is -0.426. The van der Waals surface area contributed by atoms with E-state index >= 15 is 0 Å². The van der Waals surface area contributed by atoms with Crippen molar-refractivity contribution in [1.82, 2.24) is 4.90 Å². The fourth-order valence-corrected chi connectivity index (χ4v) is 1.10. The zero-order valence-corrected chi connectivity index (χ0v) is 6.70. The quantitative estimate of drug-likeness (QED) is 0.492. The molecule has 11 heavy (non-hydrogen) atoms. The van der Waals surface area contributed by atoms with Crippen molar-refractivity contribution in [2.24, 2.45) is 0 Å². The molecule has 1 N–H and O–H groups in total. The summed E-state index contributed by atoms with van der Waals surface area (Å²) in [6.45, 7) is 4.07. The van der Waals surface area contributed by atoms with Crippen molar-refractivity contribution in [3.8, 4) is 0 Å². The molecule has 1 aliphatic rings. The van der Waals surface area contributed by atoms with Crippen LogP contribution in [0.3, 0.4) is 0 Å². The summed E-state index contributed by atoms with van der Waals surface area (Å²) in [5, 5.41) is 19.1. The molecule has 1 heterocycles. The summed E-state index contributed by atoms with van der Waals surface area (Å²) in [4.78, 5) is 12.0. The first-order chi connectivity index (χ1) is 4.99. The van der Waals surface area contributed by atoms with E-state index in [0.29, 0.717) is 6.54 Å². The molecule has 0 aromatic rings. The van der Waals surface area contributed by atoms with Gasteiger partial charge in [0.15, 0.2) is 0 Å². The second-order valence-electron chi connectivity index (χ2n) is 3.46. The molecule has 0 spiro atoms. The number of aliphatic hydroxyl groups is 1. The third kappa shape index (κ3) is 1.52. The van der Waals surface area contributed by atoms with E-state index in [4.69, 9.17) is 5.11 Å². The number of carbonyl (C=O) groups is 1. The van der Waals surface area contributed by atoms with Crippen molar-refractivity contribution in [1.29, 1.82) is 0 Å². The first-order valence-electron chi connectivity index (χ1n) is 3.57. The van der Waals surface area contributed by atoms with Gasteiger partial charge in [-0.25, -0.2) is 0 Å². The van der Waals surface area contributed by atoms with Gasteiger partial charge >= 0.3 is 0 Å². The minimum Gasteiger partial charge on any atom is -0.548 e. The number of carboxylic acids is 1.